The number of aliphatic carboxylic acids is 1. The molecule has 0 radical (unpaired) electrons. The summed E-state index contributed by atoms with van der Waals surface area (Å²) in [4.78, 5) is 47.6. The Morgan fingerprint density at radius 3 is 2.63 bits per heavy atom. The van der Waals surface area contributed by atoms with Crippen molar-refractivity contribution < 1.29 is 37.3 Å². The molecule has 2 aromatic rings. The van der Waals surface area contributed by atoms with E-state index >= 15 is 0 Å². The lowest BCUT2D eigenvalue weighted by atomic mass is 9.98. The minimum atomic E-state index is -4.99. The SMILES string of the molecule is CC(C)(N)CCNCc1cnn(CC2C(NC(=O)C(=NOC3(C(=O)O)CC3)c3csc(N)n3)C(=O)N2S(=O)(=O)O)n1. The zero-order valence-corrected chi connectivity index (χ0v) is 23.7. The second kappa shape index (κ2) is 11.3. The largest absolute Gasteiger partial charge is 0.478 e. The van der Waals surface area contributed by atoms with Crippen molar-refractivity contribution >= 4 is 50.3 Å². The zero-order chi connectivity index (χ0) is 30.2. The topological polar surface area (TPSA) is 270 Å². The lowest BCUT2D eigenvalue weighted by Crippen LogP contribution is -2.73. The van der Waals surface area contributed by atoms with Crippen LogP contribution in [-0.4, -0.2) is 95.6 Å². The molecule has 3 heterocycles. The van der Waals surface area contributed by atoms with E-state index in [-0.39, 0.29) is 40.1 Å². The van der Waals surface area contributed by atoms with Crippen LogP contribution in [0, 0.1) is 0 Å². The molecule has 8 N–H and O–H groups in total. The molecular weight excluding hydrogens is 584 g/mol. The maximum absolute atomic E-state index is 13.2. The number of anilines is 1. The average molecular weight is 615 g/mol. The van der Waals surface area contributed by atoms with Crippen molar-refractivity contribution in [1.82, 2.24) is 34.9 Å². The fourth-order valence-electron chi connectivity index (χ4n) is 3.84. The van der Waals surface area contributed by atoms with E-state index in [1.165, 1.54) is 11.6 Å². The highest BCUT2D eigenvalue weighted by atomic mass is 32.2. The summed E-state index contributed by atoms with van der Waals surface area (Å²) in [6.45, 7) is 4.45. The van der Waals surface area contributed by atoms with E-state index < -0.39 is 51.5 Å². The molecule has 41 heavy (non-hydrogen) atoms. The van der Waals surface area contributed by atoms with Crippen LogP contribution in [0.3, 0.4) is 0 Å². The summed E-state index contributed by atoms with van der Waals surface area (Å²) in [5, 5.41) is 28.4. The maximum atomic E-state index is 13.2. The van der Waals surface area contributed by atoms with Crippen LogP contribution in [0.4, 0.5) is 5.13 Å². The van der Waals surface area contributed by atoms with Crippen molar-refractivity contribution in [2.45, 2.75) is 69.4 Å². The Bertz CT molecular complexity index is 1460. The second-order valence-electron chi connectivity index (χ2n) is 10.3. The highest BCUT2D eigenvalue weighted by Gasteiger charge is 2.56. The first kappa shape index (κ1) is 30.2. The number of aromatic nitrogens is 4. The number of nitrogens with two attached hydrogens (primary N) is 2. The number of carbonyl (C=O) groups excluding carboxylic acids is 2. The normalized spacial score (nSPS) is 20.4. The number of nitrogens with one attached hydrogen (secondary N) is 2. The van der Waals surface area contributed by atoms with E-state index in [1.807, 2.05) is 13.8 Å². The third-order valence-electron chi connectivity index (χ3n) is 6.28. The summed E-state index contributed by atoms with van der Waals surface area (Å²) >= 11 is 0.976. The van der Waals surface area contributed by atoms with Gasteiger partial charge in [-0.1, -0.05) is 5.16 Å². The van der Waals surface area contributed by atoms with E-state index in [2.05, 4.69) is 31.0 Å². The first-order valence-corrected chi connectivity index (χ1v) is 14.6. The van der Waals surface area contributed by atoms with Crippen molar-refractivity contribution in [3.8, 4) is 0 Å². The Morgan fingerprint density at radius 2 is 2.07 bits per heavy atom. The van der Waals surface area contributed by atoms with E-state index in [4.69, 9.17) is 16.3 Å². The van der Waals surface area contributed by atoms with Crippen molar-refractivity contribution in [3.63, 3.8) is 0 Å². The predicted molar refractivity (Wildman–Crippen MR) is 142 cm³/mol. The minimum absolute atomic E-state index is 0.0509. The molecule has 224 valence electrons. The van der Waals surface area contributed by atoms with Gasteiger partial charge in [0.05, 0.1) is 18.4 Å². The van der Waals surface area contributed by atoms with Gasteiger partial charge in [0.15, 0.2) is 10.8 Å². The number of nitrogens with zero attached hydrogens (tertiary/aromatic N) is 6. The van der Waals surface area contributed by atoms with Crippen molar-refractivity contribution in [3.05, 3.63) is 23.0 Å². The molecule has 1 aliphatic carbocycles. The molecule has 2 aliphatic rings. The van der Waals surface area contributed by atoms with Crippen LogP contribution in [0.25, 0.3) is 0 Å². The number of nitrogen functional groups attached to an aromatic ring is 1. The molecule has 1 saturated heterocycles. The van der Waals surface area contributed by atoms with Gasteiger partial charge in [-0.2, -0.15) is 23.4 Å². The Morgan fingerprint density at radius 1 is 1.37 bits per heavy atom. The van der Waals surface area contributed by atoms with Crippen molar-refractivity contribution in [2.24, 2.45) is 10.9 Å². The molecule has 2 unspecified atom stereocenters. The van der Waals surface area contributed by atoms with Crippen LogP contribution in [0.2, 0.25) is 0 Å². The smallest absolute Gasteiger partial charge is 0.362 e. The molecule has 0 spiro atoms. The average Bonchev–Trinajstić information content (AvgIpc) is 3.33. The molecule has 2 fully saturated rings. The third kappa shape index (κ3) is 7.14. The molecule has 18 nitrogen and oxygen atoms in total. The van der Waals surface area contributed by atoms with Crippen LogP contribution in [0.1, 0.15) is 44.5 Å². The summed E-state index contributed by atoms with van der Waals surface area (Å²) < 4.78 is 33.7. The Labute approximate surface area is 238 Å². The van der Waals surface area contributed by atoms with Gasteiger partial charge in [0.2, 0.25) is 5.60 Å². The summed E-state index contributed by atoms with van der Waals surface area (Å²) in [5.41, 5.74) is 9.67. The van der Waals surface area contributed by atoms with Crippen LogP contribution in [0.5, 0.6) is 0 Å². The van der Waals surface area contributed by atoms with Crippen molar-refractivity contribution in [2.75, 3.05) is 12.3 Å². The molecular formula is C21H30N10O8S2. The standard InChI is InChI=1S/C21H30N10O8S2/c1-20(2,23)5-6-24-7-11-8-25-30(28-11)9-13-15(17(33)31(13)41(36,37)38)27-16(32)14(12-10-40-19(22)26-12)29-39-21(3-4-21)18(34)35/h8,10,13,15,24H,3-7,9,23H2,1-2H3,(H2,22,26)(H,27,32)(H,34,35)(H,36,37,38). The van der Waals surface area contributed by atoms with E-state index in [0.29, 0.717) is 25.2 Å². The summed E-state index contributed by atoms with van der Waals surface area (Å²) in [6.07, 6.45) is 2.49. The molecule has 0 bridgehead atoms. The van der Waals surface area contributed by atoms with E-state index in [1.54, 1.807) is 0 Å². The van der Waals surface area contributed by atoms with Crippen LogP contribution in [-0.2, 0) is 42.6 Å². The van der Waals surface area contributed by atoms with E-state index in [9.17, 15) is 32.5 Å². The van der Waals surface area contributed by atoms with Crippen LogP contribution >= 0.6 is 11.3 Å². The Hall–Kier alpha value is -3.72. The molecule has 2 atom stereocenters. The number of carboxylic acid groups (broad SMARTS) is 1. The van der Waals surface area contributed by atoms with Crippen LogP contribution in [0.15, 0.2) is 16.7 Å². The monoisotopic (exact) mass is 614 g/mol. The van der Waals surface area contributed by atoms with Gasteiger partial charge >= 0.3 is 16.3 Å². The third-order valence-corrected chi connectivity index (χ3v) is 7.90. The minimum Gasteiger partial charge on any atom is -0.478 e. The molecule has 1 aliphatic heterocycles. The quantitative estimate of drug-likeness (QED) is 0.0445. The van der Waals surface area contributed by atoms with Gasteiger partial charge in [-0.15, -0.1) is 11.3 Å². The Kier molecular flexibility index (Phi) is 8.32. The van der Waals surface area contributed by atoms with E-state index in [0.717, 1.165) is 16.1 Å². The molecule has 4 rings (SSSR count). The second-order valence-corrected chi connectivity index (χ2v) is 12.5. The number of carboxylic acids is 1. The van der Waals surface area contributed by atoms with Gasteiger partial charge in [0.25, 0.3) is 11.8 Å². The van der Waals surface area contributed by atoms with Gasteiger partial charge in [-0.05, 0) is 26.8 Å². The number of β-lactam (4-membered cyclic amide) rings is 1. The predicted octanol–water partition coefficient (Wildman–Crippen LogP) is -1.93. The first-order valence-electron chi connectivity index (χ1n) is 12.3. The van der Waals surface area contributed by atoms with Crippen molar-refractivity contribution in [1.29, 1.82) is 0 Å². The molecule has 2 amide bonds. The van der Waals surface area contributed by atoms with Gasteiger partial charge < -0.3 is 32.0 Å². The zero-order valence-electron chi connectivity index (χ0n) is 22.1. The number of rotatable bonds is 14. The number of hydrogen-bond donors (Lipinski definition) is 6. The summed E-state index contributed by atoms with van der Waals surface area (Å²) in [6, 6.07) is -2.75. The number of thiazole rings is 1. The first-order chi connectivity index (χ1) is 19.1. The molecule has 2 aromatic heterocycles. The lowest BCUT2D eigenvalue weighted by Gasteiger charge is -2.43. The highest BCUT2D eigenvalue weighted by Crippen LogP contribution is 2.40. The number of hydrogen-bond acceptors (Lipinski definition) is 14. The number of carbonyl (C=O) groups is 3. The summed E-state index contributed by atoms with van der Waals surface area (Å²) in [5.74, 6) is -3.40. The molecule has 0 aromatic carbocycles. The Balaban J connectivity index is 1.49. The fourth-order valence-corrected chi connectivity index (χ4v) is 5.26. The number of amides is 2. The fraction of sp³-hybridized carbons (Fsp3) is 0.571. The van der Waals surface area contributed by atoms with Gasteiger partial charge in [0.1, 0.15) is 17.8 Å². The molecule has 20 heteroatoms. The molecule has 1 saturated carbocycles. The van der Waals surface area contributed by atoms with Gasteiger partial charge in [-0.25, -0.2) is 14.1 Å². The maximum Gasteiger partial charge on any atom is 0.362 e. The van der Waals surface area contributed by atoms with Gasteiger partial charge in [0, 0.05) is 30.3 Å². The highest BCUT2D eigenvalue weighted by molar-refractivity contribution is 7.84. The van der Waals surface area contributed by atoms with Gasteiger partial charge in [-0.3, -0.25) is 14.1 Å². The summed E-state index contributed by atoms with van der Waals surface area (Å²) in [7, 11) is -4.99. The number of oxime groups is 1. The lowest BCUT2D eigenvalue weighted by molar-refractivity contribution is -0.153. The van der Waals surface area contributed by atoms with Crippen LogP contribution < -0.4 is 22.1 Å².